The molecule has 0 radical (unpaired) electrons. The van der Waals surface area contributed by atoms with Gasteiger partial charge in [-0.15, -0.1) is 0 Å². The number of carbonyl (C=O) groups excluding carboxylic acids is 1. The zero-order valence-corrected chi connectivity index (χ0v) is 20.2. The van der Waals surface area contributed by atoms with Gasteiger partial charge in [-0.05, 0) is 71.5 Å². The Kier molecular flexibility index (Phi) is 6.30. The number of hydrogen-bond donors (Lipinski definition) is 1. The minimum Gasteiger partial charge on any atom is -0.464 e. The van der Waals surface area contributed by atoms with E-state index in [0.29, 0.717) is 42.6 Å². The van der Waals surface area contributed by atoms with Gasteiger partial charge < -0.3 is 9.73 Å². The first-order valence-electron chi connectivity index (χ1n) is 11.5. The molecule has 1 aromatic carbocycles. The monoisotopic (exact) mass is 473 g/mol. The van der Waals surface area contributed by atoms with Crippen molar-refractivity contribution < 1.29 is 9.21 Å². The number of nitrogens with zero attached hydrogens (tertiary/aromatic N) is 2. The summed E-state index contributed by atoms with van der Waals surface area (Å²) in [6, 6.07) is 7.67. The Bertz CT molecular complexity index is 1410. The molecule has 6 nitrogen and oxygen atoms in total. The summed E-state index contributed by atoms with van der Waals surface area (Å²) in [5, 5.41) is 7.69. The van der Waals surface area contributed by atoms with Crippen LogP contribution in [-0.4, -0.2) is 22.3 Å². The zero-order chi connectivity index (χ0) is 23.7. The lowest BCUT2D eigenvalue weighted by Gasteiger charge is -2.30. The molecule has 0 spiro atoms. The van der Waals surface area contributed by atoms with Gasteiger partial charge >= 0.3 is 0 Å². The highest BCUT2D eigenvalue weighted by Gasteiger charge is 2.22. The van der Waals surface area contributed by atoms with Crippen LogP contribution in [-0.2, 0) is 37.3 Å². The van der Waals surface area contributed by atoms with Crippen LogP contribution >= 0.6 is 11.3 Å². The van der Waals surface area contributed by atoms with E-state index in [9.17, 15) is 9.59 Å². The van der Waals surface area contributed by atoms with Crippen LogP contribution in [0.1, 0.15) is 39.1 Å². The van der Waals surface area contributed by atoms with E-state index in [0.717, 1.165) is 40.9 Å². The van der Waals surface area contributed by atoms with E-state index in [-0.39, 0.29) is 11.3 Å². The van der Waals surface area contributed by atoms with Crippen molar-refractivity contribution in [1.82, 2.24) is 15.2 Å². The lowest BCUT2D eigenvalue weighted by Crippen LogP contribution is -2.33. The molecule has 1 aliphatic heterocycles. The van der Waals surface area contributed by atoms with Crippen LogP contribution in [0.2, 0.25) is 0 Å². The zero-order valence-electron chi connectivity index (χ0n) is 19.4. The molecule has 1 amide bonds. The Morgan fingerprint density at radius 1 is 1.26 bits per heavy atom. The number of hydrogen-bond acceptors (Lipinski definition) is 6. The second-order valence-corrected chi connectivity index (χ2v) is 9.74. The number of rotatable bonds is 6. The van der Waals surface area contributed by atoms with Crippen molar-refractivity contribution in [2.75, 3.05) is 6.54 Å². The van der Waals surface area contributed by atoms with Crippen molar-refractivity contribution in [2.45, 2.75) is 46.3 Å². The fourth-order valence-corrected chi connectivity index (χ4v) is 5.28. The van der Waals surface area contributed by atoms with Crippen LogP contribution in [0, 0.1) is 13.8 Å². The first kappa shape index (κ1) is 22.5. The number of aryl methyl sites for hydroxylation is 2. The van der Waals surface area contributed by atoms with Crippen molar-refractivity contribution in [1.29, 1.82) is 0 Å². The van der Waals surface area contributed by atoms with Gasteiger partial charge in [-0.25, -0.2) is 0 Å². The van der Waals surface area contributed by atoms with Crippen molar-refractivity contribution in [3.05, 3.63) is 96.8 Å². The molecular formula is C27H27N3O3S. The largest absolute Gasteiger partial charge is 0.464 e. The van der Waals surface area contributed by atoms with Crippen LogP contribution in [0.4, 0.5) is 0 Å². The summed E-state index contributed by atoms with van der Waals surface area (Å²) >= 11 is 1.60. The molecule has 0 bridgehead atoms. The maximum atomic E-state index is 13.0. The highest BCUT2D eigenvalue weighted by molar-refractivity contribution is 7.08. The lowest BCUT2D eigenvalue weighted by atomic mass is 9.94. The first-order valence-corrected chi connectivity index (χ1v) is 12.4. The highest BCUT2D eigenvalue weighted by Crippen LogP contribution is 2.25. The van der Waals surface area contributed by atoms with Gasteiger partial charge in [0.05, 0.1) is 18.1 Å². The molecule has 4 heterocycles. The van der Waals surface area contributed by atoms with E-state index in [1.54, 1.807) is 17.6 Å². The summed E-state index contributed by atoms with van der Waals surface area (Å²) in [7, 11) is 0. The minimum atomic E-state index is 0.0195. The molecule has 1 aliphatic rings. The molecule has 5 rings (SSSR count). The van der Waals surface area contributed by atoms with E-state index in [1.807, 2.05) is 55.1 Å². The molecule has 0 saturated carbocycles. The van der Waals surface area contributed by atoms with E-state index in [2.05, 4.69) is 15.2 Å². The first-order chi connectivity index (χ1) is 16.5. The molecule has 1 N–H and O–H groups in total. The van der Waals surface area contributed by atoms with Gasteiger partial charge in [-0.1, -0.05) is 11.6 Å². The maximum absolute atomic E-state index is 13.0. The lowest BCUT2D eigenvalue weighted by molar-refractivity contribution is -0.120. The van der Waals surface area contributed by atoms with Crippen molar-refractivity contribution in [3.63, 3.8) is 0 Å². The molecule has 4 aromatic rings. The van der Waals surface area contributed by atoms with Crippen LogP contribution in [0.25, 0.3) is 11.0 Å². The number of carbonyl (C=O) groups is 1. The van der Waals surface area contributed by atoms with E-state index in [1.165, 1.54) is 5.56 Å². The molecule has 3 aromatic heterocycles. The standard InChI is InChI=1S/C27H27N3O3S/c1-17-3-4-25-23(9-17)27(32)21(15-33-25)14-30-7-5-22-20(13-30)11-28-18(2)24(22)12-29-26(31)10-19-6-8-34-16-19/h3-4,6,8-9,11,15-16H,5,7,10,12-14H2,1-2H3,(H,29,31). The molecule has 0 atom stereocenters. The van der Waals surface area contributed by atoms with Crippen LogP contribution in [0.5, 0.6) is 0 Å². The Morgan fingerprint density at radius 2 is 2.15 bits per heavy atom. The van der Waals surface area contributed by atoms with Gasteiger partial charge in [-0.3, -0.25) is 19.5 Å². The summed E-state index contributed by atoms with van der Waals surface area (Å²) in [6.45, 7) is 6.53. The van der Waals surface area contributed by atoms with E-state index < -0.39 is 0 Å². The van der Waals surface area contributed by atoms with Crippen molar-refractivity contribution >= 4 is 28.2 Å². The van der Waals surface area contributed by atoms with Gasteiger partial charge in [0.15, 0.2) is 5.43 Å². The topological polar surface area (TPSA) is 75.4 Å². The summed E-state index contributed by atoms with van der Waals surface area (Å²) in [4.78, 5) is 32.3. The minimum absolute atomic E-state index is 0.0195. The molecule has 0 aliphatic carbocycles. The number of amides is 1. The molecular weight excluding hydrogens is 446 g/mol. The van der Waals surface area contributed by atoms with Crippen LogP contribution < -0.4 is 10.7 Å². The number of pyridine rings is 1. The van der Waals surface area contributed by atoms with Crippen LogP contribution in [0.3, 0.4) is 0 Å². The predicted octanol–water partition coefficient (Wildman–Crippen LogP) is 4.28. The Hall–Kier alpha value is -3.29. The van der Waals surface area contributed by atoms with Gasteiger partial charge in [0.2, 0.25) is 5.91 Å². The molecule has 0 saturated heterocycles. The van der Waals surface area contributed by atoms with Crippen molar-refractivity contribution in [2.24, 2.45) is 0 Å². The van der Waals surface area contributed by atoms with Gasteiger partial charge in [0, 0.05) is 43.6 Å². The number of benzene rings is 1. The molecule has 34 heavy (non-hydrogen) atoms. The normalized spacial score (nSPS) is 13.7. The maximum Gasteiger partial charge on any atom is 0.224 e. The van der Waals surface area contributed by atoms with Gasteiger partial charge in [-0.2, -0.15) is 11.3 Å². The van der Waals surface area contributed by atoms with E-state index >= 15 is 0 Å². The number of fused-ring (bicyclic) bond motifs is 2. The smallest absolute Gasteiger partial charge is 0.224 e. The summed E-state index contributed by atoms with van der Waals surface area (Å²) < 4.78 is 5.74. The predicted molar refractivity (Wildman–Crippen MR) is 134 cm³/mol. The Balaban J connectivity index is 1.30. The third-order valence-electron chi connectivity index (χ3n) is 6.48. The van der Waals surface area contributed by atoms with Gasteiger partial charge in [0.25, 0.3) is 0 Å². The number of thiophene rings is 1. The molecule has 0 fully saturated rings. The van der Waals surface area contributed by atoms with Crippen molar-refractivity contribution in [3.8, 4) is 0 Å². The SMILES string of the molecule is Cc1ccc2occ(CN3CCc4c(cnc(C)c4CNC(=O)Cc4ccsc4)C3)c(=O)c2c1. The van der Waals surface area contributed by atoms with E-state index in [4.69, 9.17) is 4.42 Å². The number of aromatic nitrogens is 1. The second kappa shape index (κ2) is 9.52. The van der Waals surface area contributed by atoms with Gasteiger partial charge in [0.1, 0.15) is 5.58 Å². The third kappa shape index (κ3) is 4.67. The molecule has 0 unspecified atom stereocenters. The number of nitrogens with one attached hydrogen (secondary N) is 1. The second-order valence-electron chi connectivity index (χ2n) is 8.96. The summed E-state index contributed by atoms with van der Waals surface area (Å²) in [5.41, 5.74) is 7.88. The average molecular weight is 474 g/mol. The fourth-order valence-electron chi connectivity index (χ4n) is 4.61. The summed E-state index contributed by atoms with van der Waals surface area (Å²) in [6.07, 6.45) is 4.77. The highest BCUT2D eigenvalue weighted by atomic mass is 32.1. The fraction of sp³-hybridized carbons (Fsp3) is 0.296. The molecule has 174 valence electrons. The third-order valence-corrected chi connectivity index (χ3v) is 7.21. The molecule has 7 heteroatoms. The average Bonchev–Trinajstić information content (AvgIpc) is 3.33. The van der Waals surface area contributed by atoms with Crippen LogP contribution in [0.15, 0.2) is 56.7 Å². The Labute approximate surface area is 202 Å². The quantitative estimate of drug-likeness (QED) is 0.452. The Morgan fingerprint density at radius 3 is 2.97 bits per heavy atom. The summed E-state index contributed by atoms with van der Waals surface area (Å²) in [5.74, 6) is 0.0195.